The monoisotopic (exact) mass is 435 g/mol. The van der Waals surface area contributed by atoms with E-state index in [1.165, 1.54) is 0 Å². The third-order valence-corrected chi connectivity index (χ3v) is 5.09. The van der Waals surface area contributed by atoms with Crippen LogP contribution in [-0.2, 0) is 5.66 Å². The van der Waals surface area contributed by atoms with Gasteiger partial charge in [-0.05, 0) is 23.6 Å². The third-order valence-electron chi connectivity index (χ3n) is 5.09. The van der Waals surface area contributed by atoms with E-state index in [9.17, 15) is 0 Å². The standard InChI is InChI=1S/C23H25N5O4/c1-29-17-12-15(13-18(30-2)20(17)31-3)26-22-25-10-9-23(24,28-22)19-11-14-7-5-6-8-16(14)21(27-19)32-4/h5-13H,24H2,1-4H3,(H2,25,26,28). The second-order valence-electron chi connectivity index (χ2n) is 7.04. The van der Waals surface area contributed by atoms with E-state index >= 15 is 0 Å². The first-order chi connectivity index (χ1) is 15.5. The molecule has 0 saturated carbocycles. The average Bonchev–Trinajstić information content (AvgIpc) is 2.82. The van der Waals surface area contributed by atoms with Crippen LogP contribution in [0.3, 0.4) is 0 Å². The van der Waals surface area contributed by atoms with Gasteiger partial charge in [-0.2, -0.15) is 0 Å². The number of hydrogen-bond donors (Lipinski definition) is 3. The molecule has 0 radical (unpaired) electrons. The lowest BCUT2D eigenvalue weighted by Gasteiger charge is -2.27. The topological polar surface area (TPSA) is 112 Å². The van der Waals surface area contributed by atoms with Crippen molar-refractivity contribution in [1.82, 2.24) is 10.3 Å². The number of ether oxygens (including phenoxy) is 4. The van der Waals surface area contributed by atoms with Crippen LogP contribution in [0.1, 0.15) is 5.69 Å². The van der Waals surface area contributed by atoms with Crippen molar-refractivity contribution in [2.24, 2.45) is 10.7 Å². The van der Waals surface area contributed by atoms with Crippen molar-refractivity contribution in [3.05, 3.63) is 60.4 Å². The molecule has 0 bridgehead atoms. The molecule has 3 aromatic rings. The van der Waals surface area contributed by atoms with Gasteiger partial charge >= 0.3 is 0 Å². The van der Waals surface area contributed by atoms with Gasteiger partial charge in [-0.1, -0.05) is 18.2 Å². The van der Waals surface area contributed by atoms with E-state index in [2.05, 4.69) is 20.6 Å². The lowest BCUT2D eigenvalue weighted by Crippen LogP contribution is -2.42. The number of rotatable bonds is 6. The molecule has 4 rings (SSSR count). The molecule has 2 aromatic carbocycles. The second kappa shape index (κ2) is 8.64. The Morgan fingerprint density at radius 3 is 2.31 bits per heavy atom. The number of fused-ring (bicyclic) bond motifs is 1. The molecule has 1 unspecified atom stereocenters. The van der Waals surface area contributed by atoms with E-state index in [1.54, 1.807) is 52.8 Å². The number of benzene rings is 2. The van der Waals surface area contributed by atoms with Crippen LogP contribution in [0.15, 0.2) is 59.7 Å². The molecule has 166 valence electrons. The van der Waals surface area contributed by atoms with Crippen molar-refractivity contribution in [3.8, 4) is 23.1 Å². The Labute approximate surface area is 185 Å². The molecular formula is C23H25N5O4. The van der Waals surface area contributed by atoms with Crippen LogP contribution >= 0.6 is 0 Å². The molecular weight excluding hydrogens is 410 g/mol. The first kappa shape index (κ1) is 21.3. The van der Waals surface area contributed by atoms with E-state index in [0.29, 0.717) is 40.5 Å². The highest BCUT2D eigenvalue weighted by atomic mass is 16.5. The van der Waals surface area contributed by atoms with Crippen molar-refractivity contribution >= 4 is 22.4 Å². The van der Waals surface area contributed by atoms with E-state index in [-0.39, 0.29) is 0 Å². The van der Waals surface area contributed by atoms with Gasteiger partial charge in [0.05, 0.1) is 34.1 Å². The van der Waals surface area contributed by atoms with Gasteiger partial charge in [-0.15, -0.1) is 0 Å². The molecule has 0 aliphatic carbocycles. The van der Waals surface area contributed by atoms with Crippen molar-refractivity contribution < 1.29 is 18.9 Å². The Hall–Kier alpha value is -3.98. The fraction of sp³-hybridized carbons (Fsp3) is 0.217. The molecule has 1 aromatic heterocycles. The highest BCUT2D eigenvalue weighted by molar-refractivity contribution is 5.96. The molecule has 1 aliphatic rings. The molecule has 4 N–H and O–H groups in total. The minimum Gasteiger partial charge on any atom is -0.493 e. The number of aliphatic imine (C=N–C) groups is 1. The first-order valence-electron chi connectivity index (χ1n) is 9.85. The second-order valence-corrected chi connectivity index (χ2v) is 7.04. The summed E-state index contributed by atoms with van der Waals surface area (Å²) in [5.41, 5.74) is 6.68. The summed E-state index contributed by atoms with van der Waals surface area (Å²) >= 11 is 0. The maximum absolute atomic E-state index is 6.66. The van der Waals surface area contributed by atoms with Gasteiger partial charge in [0, 0.05) is 29.4 Å². The summed E-state index contributed by atoms with van der Waals surface area (Å²) in [6, 6.07) is 13.3. The Bertz CT molecular complexity index is 1190. The summed E-state index contributed by atoms with van der Waals surface area (Å²) in [6.45, 7) is 0. The molecule has 0 saturated heterocycles. The summed E-state index contributed by atoms with van der Waals surface area (Å²) in [4.78, 5) is 9.29. The van der Waals surface area contributed by atoms with Crippen LogP contribution in [0.25, 0.3) is 10.8 Å². The lowest BCUT2D eigenvalue weighted by atomic mass is 10.0. The van der Waals surface area contributed by atoms with E-state index in [0.717, 1.165) is 10.8 Å². The Morgan fingerprint density at radius 2 is 1.66 bits per heavy atom. The highest BCUT2D eigenvalue weighted by Crippen LogP contribution is 2.40. The van der Waals surface area contributed by atoms with Crippen molar-refractivity contribution in [1.29, 1.82) is 0 Å². The smallest absolute Gasteiger partial charge is 0.221 e. The van der Waals surface area contributed by atoms with Gasteiger partial charge in [0.1, 0.15) is 0 Å². The van der Waals surface area contributed by atoms with Crippen molar-refractivity contribution in [3.63, 3.8) is 0 Å². The van der Waals surface area contributed by atoms with Crippen LogP contribution in [0, 0.1) is 0 Å². The minimum absolute atomic E-state index is 0.429. The summed E-state index contributed by atoms with van der Waals surface area (Å²) in [6.07, 6.45) is 3.46. The van der Waals surface area contributed by atoms with Gasteiger partial charge in [-0.25, -0.2) is 9.98 Å². The normalized spacial score (nSPS) is 17.3. The van der Waals surface area contributed by atoms with Crippen LogP contribution < -0.4 is 35.3 Å². The molecule has 1 atom stereocenters. The Kier molecular flexibility index (Phi) is 5.74. The SMILES string of the molecule is COc1cc(NC2=NC(N)(c3cc4ccccc4c(OC)n3)C=CN2)cc(OC)c1OC. The van der Waals surface area contributed by atoms with Gasteiger partial charge < -0.3 is 29.6 Å². The predicted molar refractivity (Wildman–Crippen MR) is 124 cm³/mol. The van der Waals surface area contributed by atoms with Gasteiger partial charge in [-0.3, -0.25) is 5.73 Å². The fourth-order valence-corrected chi connectivity index (χ4v) is 3.53. The average molecular weight is 435 g/mol. The predicted octanol–water partition coefficient (Wildman–Crippen LogP) is 2.97. The van der Waals surface area contributed by atoms with Crippen LogP contribution in [0.5, 0.6) is 23.1 Å². The van der Waals surface area contributed by atoms with Crippen molar-refractivity contribution in [2.45, 2.75) is 5.66 Å². The minimum atomic E-state index is -1.20. The summed E-state index contributed by atoms with van der Waals surface area (Å²) in [5.74, 6) is 2.45. The highest BCUT2D eigenvalue weighted by Gasteiger charge is 2.30. The number of anilines is 1. The van der Waals surface area contributed by atoms with Crippen LogP contribution in [0.2, 0.25) is 0 Å². The van der Waals surface area contributed by atoms with E-state index < -0.39 is 5.66 Å². The number of nitrogens with zero attached hydrogens (tertiary/aromatic N) is 2. The largest absolute Gasteiger partial charge is 0.493 e. The number of nitrogens with two attached hydrogens (primary N) is 1. The van der Waals surface area contributed by atoms with Crippen LogP contribution in [-0.4, -0.2) is 39.4 Å². The number of methoxy groups -OCH3 is 4. The quantitative estimate of drug-likeness (QED) is 0.542. The number of guanidine groups is 1. The molecule has 0 spiro atoms. The summed E-state index contributed by atoms with van der Waals surface area (Å²) in [7, 11) is 6.26. The van der Waals surface area contributed by atoms with Gasteiger partial charge in [0.25, 0.3) is 0 Å². The van der Waals surface area contributed by atoms with E-state index in [4.69, 9.17) is 24.7 Å². The number of aromatic nitrogens is 1. The molecule has 9 heteroatoms. The van der Waals surface area contributed by atoms with Crippen LogP contribution in [0.4, 0.5) is 5.69 Å². The van der Waals surface area contributed by atoms with E-state index in [1.807, 2.05) is 30.3 Å². The zero-order valence-electron chi connectivity index (χ0n) is 18.3. The zero-order valence-corrected chi connectivity index (χ0v) is 18.3. The van der Waals surface area contributed by atoms with Crippen molar-refractivity contribution in [2.75, 3.05) is 33.8 Å². The fourth-order valence-electron chi connectivity index (χ4n) is 3.53. The van der Waals surface area contributed by atoms with Gasteiger partial charge in [0.2, 0.25) is 17.6 Å². The Balaban J connectivity index is 1.71. The Morgan fingerprint density at radius 1 is 0.938 bits per heavy atom. The molecule has 32 heavy (non-hydrogen) atoms. The summed E-state index contributed by atoms with van der Waals surface area (Å²) in [5, 5.41) is 8.14. The molecule has 2 heterocycles. The molecule has 1 aliphatic heterocycles. The number of nitrogens with one attached hydrogen (secondary N) is 2. The lowest BCUT2D eigenvalue weighted by molar-refractivity contribution is 0.324. The van der Waals surface area contributed by atoms with Gasteiger partial charge in [0.15, 0.2) is 17.2 Å². The number of hydrogen-bond acceptors (Lipinski definition) is 9. The molecule has 0 amide bonds. The molecule has 9 nitrogen and oxygen atoms in total. The third kappa shape index (κ3) is 3.85. The summed E-state index contributed by atoms with van der Waals surface area (Å²) < 4.78 is 21.7. The maximum atomic E-state index is 6.66. The maximum Gasteiger partial charge on any atom is 0.221 e. The first-order valence-corrected chi connectivity index (χ1v) is 9.85. The number of pyridine rings is 1. The molecule has 0 fully saturated rings. The zero-order chi connectivity index (χ0) is 22.7.